The van der Waals surface area contributed by atoms with Crippen LogP contribution in [0.15, 0.2) is 12.4 Å². The summed E-state index contributed by atoms with van der Waals surface area (Å²) in [6, 6.07) is 0. The molecule has 114 valence electrons. The van der Waals surface area contributed by atoms with Crippen LogP contribution in [0.1, 0.15) is 18.4 Å². The third-order valence-corrected chi connectivity index (χ3v) is 6.17. The molecule has 1 aliphatic heterocycles. The van der Waals surface area contributed by atoms with Gasteiger partial charge in [-0.3, -0.25) is 4.68 Å². The van der Waals surface area contributed by atoms with Crippen molar-refractivity contribution in [3.05, 3.63) is 18.0 Å². The van der Waals surface area contributed by atoms with E-state index in [2.05, 4.69) is 5.10 Å². The molecule has 0 aromatic carbocycles. The fraction of sp³-hybridized carbons (Fsp3) is 0.769. The van der Waals surface area contributed by atoms with Gasteiger partial charge < -0.3 is 10.2 Å². The zero-order valence-electron chi connectivity index (χ0n) is 11.7. The predicted octanol–water partition coefficient (Wildman–Crippen LogP) is -0.242. The molecule has 1 saturated heterocycles. The van der Waals surface area contributed by atoms with Gasteiger partial charge in [0.25, 0.3) is 0 Å². The van der Waals surface area contributed by atoms with Crippen molar-refractivity contribution in [1.82, 2.24) is 9.78 Å². The highest BCUT2D eigenvalue weighted by molar-refractivity contribution is 7.91. The minimum atomic E-state index is -3.02. The molecule has 20 heavy (non-hydrogen) atoms. The number of aliphatic hydroxyl groups is 2. The van der Waals surface area contributed by atoms with Gasteiger partial charge >= 0.3 is 0 Å². The van der Waals surface area contributed by atoms with E-state index in [1.807, 2.05) is 13.2 Å². The molecule has 0 aliphatic carbocycles. The van der Waals surface area contributed by atoms with E-state index in [1.165, 1.54) is 0 Å². The molecular formula is C13H22N2O4S. The molecule has 0 saturated carbocycles. The maximum Gasteiger partial charge on any atom is 0.150 e. The topological polar surface area (TPSA) is 92.4 Å². The average molecular weight is 302 g/mol. The van der Waals surface area contributed by atoms with E-state index in [0.29, 0.717) is 19.3 Å². The van der Waals surface area contributed by atoms with E-state index >= 15 is 0 Å². The zero-order chi connectivity index (χ0) is 14.8. The molecule has 6 nitrogen and oxygen atoms in total. The number of rotatable bonds is 6. The molecule has 2 N–H and O–H groups in total. The molecule has 2 heterocycles. The number of hydrogen-bond acceptors (Lipinski definition) is 5. The second kappa shape index (κ2) is 5.83. The fourth-order valence-corrected chi connectivity index (χ4v) is 4.89. The Labute approximate surface area is 119 Å². The highest BCUT2D eigenvalue weighted by Crippen LogP contribution is 2.39. The highest BCUT2D eigenvalue weighted by Gasteiger charge is 2.43. The van der Waals surface area contributed by atoms with Crippen LogP contribution < -0.4 is 0 Å². The SMILES string of the molecule is Cn1cc(CCC(CO)(CO)C2CCS(=O)(=O)C2)cn1. The Morgan fingerprint density at radius 3 is 2.60 bits per heavy atom. The number of aliphatic hydroxyl groups excluding tert-OH is 2. The van der Waals surface area contributed by atoms with Crippen LogP contribution in [0, 0.1) is 11.3 Å². The summed E-state index contributed by atoms with van der Waals surface area (Å²) in [7, 11) is -1.18. The van der Waals surface area contributed by atoms with Crippen LogP contribution >= 0.6 is 0 Å². The van der Waals surface area contributed by atoms with Gasteiger partial charge in [-0.2, -0.15) is 5.10 Å². The van der Waals surface area contributed by atoms with Gasteiger partial charge in [-0.1, -0.05) is 0 Å². The Kier molecular flexibility index (Phi) is 4.51. The summed E-state index contributed by atoms with van der Waals surface area (Å²) in [5.41, 5.74) is 0.305. The van der Waals surface area contributed by atoms with Crippen LogP contribution in [0.4, 0.5) is 0 Å². The second-order valence-corrected chi connectivity index (χ2v) is 8.03. The Morgan fingerprint density at radius 2 is 2.15 bits per heavy atom. The van der Waals surface area contributed by atoms with Crippen molar-refractivity contribution in [3.8, 4) is 0 Å². The summed E-state index contributed by atoms with van der Waals surface area (Å²) in [4.78, 5) is 0. The second-order valence-electron chi connectivity index (χ2n) is 5.80. The Bertz CT molecular complexity index is 548. The third-order valence-electron chi connectivity index (χ3n) is 4.40. The Hall–Kier alpha value is -0.920. The molecule has 1 unspecified atom stereocenters. The molecule has 1 atom stereocenters. The fourth-order valence-electron chi connectivity index (χ4n) is 2.94. The lowest BCUT2D eigenvalue weighted by molar-refractivity contribution is 0.00538. The standard InChI is InChI=1S/C13H22N2O4S/c1-15-7-11(6-14-15)2-4-13(9-16,10-17)12-3-5-20(18,19)8-12/h6-7,12,16-17H,2-5,8-10H2,1H3. The lowest BCUT2D eigenvalue weighted by Crippen LogP contribution is -2.39. The third kappa shape index (κ3) is 3.21. The molecule has 0 amide bonds. The van der Waals surface area contributed by atoms with Crippen LogP contribution in [0.2, 0.25) is 0 Å². The molecule has 0 bridgehead atoms. The van der Waals surface area contributed by atoms with Crippen molar-refractivity contribution < 1.29 is 18.6 Å². The smallest absolute Gasteiger partial charge is 0.150 e. The monoisotopic (exact) mass is 302 g/mol. The zero-order valence-corrected chi connectivity index (χ0v) is 12.5. The maximum atomic E-state index is 11.6. The van der Waals surface area contributed by atoms with E-state index in [4.69, 9.17) is 0 Å². The molecule has 1 aromatic heterocycles. The summed E-state index contributed by atoms with van der Waals surface area (Å²) in [5.74, 6) is 0.0622. The molecule has 0 spiro atoms. The number of nitrogens with zero attached hydrogens (tertiary/aromatic N) is 2. The van der Waals surface area contributed by atoms with Crippen molar-refractivity contribution in [2.45, 2.75) is 19.3 Å². The number of hydrogen-bond donors (Lipinski definition) is 2. The minimum absolute atomic E-state index is 0.0706. The summed E-state index contributed by atoms with van der Waals surface area (Å²) in [6.07, 6.45) is 5.41. The van der Waals surface area contributed by atoms with Crippen molar-refractivity contribution >= 4 is 9.84 Å². The van der Waals surface area contributed by atoms with E-state index in [-0.39, 0.29) is 30.6 Å². The quantitative estimate of drug-likeness (QED) is 0.756. The normalized spacial score (nSPS) is 22.2. The van der Waals surface area contributed by atoms with Crippen molar-refractivity contribution in [2.24, 2.45) is 18.4 Å². The Morgan fingerprint density at radius 1 is 1.45 bits per heavy atom. The molecular weight excluding hydrogens is 280 g/mol. The lowest BCUT2D eigenvalue weighted by atomic mass is 9.72. The van der Waals surface area contributed by atoms with E-state index in [9.17, 15) is 18.6 Å². The molecule has 2 rings (SSSR count). The van der Waals surface area contributed by atoms with Gasteiger partial charge in [-0.05, 0) is 30.7 Å². The van der Waals surface area contributed by atoms with Gasteiger partial charge in [-0.25, -0.2) is 8.42 Å². The first kappa shape index (κ1) is 15.5. The summed E-state index contributed by atoms with van der Waals surface area (Å²) >= 11 is 0. The van der Waals surface area contributed by atoms with Crippen LogP contribution in [-0.4, -0.2) is 53.1 Å². The van der Waals surface area contributed by atoms with E-state index in [0.717, 1.165) is 5.56 Å². The van der Waals surface area contributed by atoms with Crippen LogP contribution in [-0.2, 0) is 23.3 Å². The lowest BCUT2D eigenvalue weighted by Gasteiger charge is -2.35. The molecule has 1 aromatic rings. The first-order chi connectivity index (χ1) is 9.41. The van der Waals surface area contributed by atoms with Crippen LogP contribution in [0.25, 0.3) is 0 Å². The molecule has 1 fully saturated rings. The largest absolute Gasteiger partial charge is 0.396 e. The van der Waals surface area contributed by atoms with Gasteiger partial charge in [0.1, 0.15) is 0 Å². The van der Waals surface area contributed by atoms with Crippen LogP contribution in [0.5, 0.6) is 0 Å². The van der Waals surface area contributed by atoms with Crippen molar-refractivity contribution in [3.63, 3.8) is 0 Å². The average Bonchev–Trinajstić information content (AvgIpc) is 2.98. The molecule has 1 aliphatic rings. The van der Waals surface area contributed by atoms with E-state index < -0.39 is 15.3 Å². The summed E-state index contributed by atoms with van der Waals surface area (Å²) in [5, 5.41) is 23.5. The number of aryl methyl sites for hydroxylation is 2. The van der Waals surface area contributed by atoms with Crippen LogP contribution in [0.3, 0.4) is 0 Å². The van der Waals surface area contributed by atoms with Gasteiger partial charge in [0, 0.05) is 18.7 Å². The van der Waals surface area contributed by atoms with E-state index in [1.54, 1.807) is 10.9 Å². The molecule has 0 radical (unpaired) electrons. The maximum absolute atomic E-state index is 11.6. The number of aromatic nitrogens is 2. The Balaban J connectivity index is 2.09. The van der Waals surface area contributed by atoms with Crippen molar-refractivity contribution in [2.75, 3.05) is 24.7 Å². The number of sulfone groups is 1. The van der Waals surface area contributed by atoms with Gasteiger partial charge in [-0.15, -0.1) is 0 Å². The minimum Gasteiger partial charge on any atom is -0.396 e. The van der Waals surface area contributed by atoms with Crippen molar-refractivity contribution in [1.29, 1.82) is 0 Å². The first-order valence-corrected chi connectivity index (χ1v) is 8.62. The molecule has 7 heteroatoms. The van der Waals surface area contributed by atoms with Gasteiger partial charge in [0.15, 0.2) is 9.84 Å². The van der Waals surface area contributed by atoms with Gasteiger partial charge in [0.05, 0.1) is 30.9 Å². The predicted molar refractivity (Wildman–Crippen MR) is 74.9 cm³/mol. The van der Waals surface area contributed by atoms with Gasteiger partial charge in [0.2, 0.25) is 0 Å². The summed E-state index contributed by atoms with van der Waals surface area (Å²) < 4.78 is 24.9. The summed E-state index contributed by atoms with van der Waals surface area (Å²) in [6.45, 7) is -0.381. The first-order valence-electron chi connectivity index (χ1n) is 6.80. The highest BCUT2D eigenvalue weighted by atomic mass is 32.2.